The number of nitrogens with zero attached hydrogens (tertiary/aromatic N) is 1. The van der Waals surface area contributed by atoms with Gasteiger partial charge in [0.05, 0.1) is 12.0 Å². The van der Waals surface area contributed by atoms with Gasteiger partial charge in [-0.1, -0.05) is 44.4 Å². The van der Waals surface area contributed by atoms with Crippen molar-refractivity contribution in [3.8, 4) is 0 Å². The van der Waals surface area contributed by atoms with E-state index < -0.39 is 0 Å². The number of amidine groups is 1. The molecular formula is C29H39N3O2. The molecule has 182 valence electrons. The van der Waals surface area contributed by atoms with Gasteiger partial charge >= 0.3 is 0 Å². The number of aliphatic imine (C=N–C) groups is 1. The van der Waals surface area contributed by atoms with Crippen LogP contribution in [0.5, 0.6) is 0 Å². The lowest BCUT2D eigenvalue weighted by atomic mass is 9.81. The fourth-order valence-corrected chi connectivity index (χ4v) is 5.26. The van der Waals surface area contributed by atoms with Crippen molar-refractivity contribution in [3.63, 3.8) is 0 Å². The first-order chi connectivity index (χ1) is 16.4. The Bertz CT molecular complexity index is 989. The normalized spacial score (nSPS) is 26.6. The molecule has 4 aliphatic rings. The average Bonchev–Trinajstić information content (AvgIpc) is 2.83. The second-order valence-corrected chi connectivity index (χ2v) is 10.0. The first-order valence-electron chi connectivity index (χ1n) is 12.6. The molecule has 1 saturated heterocycles. The average molecular weight is 462 g/mol. The summed E-state index contributed by atoms with van der Waals surface area (Å²) in [4.78, 5) is 4.49. The summed E-state index contributed by atoms with van der Waals surface area (Å²) in [5.41, 5.74) is 12.4. The molecular weight excluding hydrogens is 422 g/mol. The van der Waals surface area contributed by atoms with E-state index in [1.807, 2.05) is 6.20 Å². The molecule has 0 saturated carbocycles. The lowest BCUT2D eigenvalue weighted by molar-refractivity contribution is 0.0588. The first kappa shape index (κ1) is 24.5. The molecule has 34 heavy (non-hydrogen) atoms. The molecule has 5 nitrogen and oxygen atoms in total. The zero-order chi connectivity index (χ0) is 24.1. The minimum absolute atomic E-state index is 0.247. The third-order valence-corrected chi connectivity index (χ3v) is 7.40. The first-order valence-corrected chi connectivity index (χ1v) is 12.6. The van der Waals surface area contributed by atoms with Gasteiger partial charge in [-0.05, 0) is 85.2 Å². The number of nitrogens with two attached hydrogens (primary N) is 1. The number of hydrogen-bond donors (Lipinski definition) is 3. The Morgan fingerprint density at radius 1 is 1.29 bits per heavy atom. The molecule has 0 aromatic carbocycles. The van der Waals surface area contributed by atoms with Crippen LogP contribution >= 0.6 is 0 Å². The molecule has 2 aliphatic heterocycles. The van der Waals surface area contributed by atoms with Gasteiger partial charge in [0.2, 0.25) is 0 Å². The summed E-state index contributed by atoms with van der Waals surface area (Å²) in [6, 6.07) is 0. The van der Waals surface area contributed by atoms with Crippen molar-refractivity contribution in [2.75, 3.05) is 13.2 Å². The van der Waals surface area contributed by atoms with E-state index >= 15 is 0 Å². The second kappa shape index (κ2) is 11.2. The number of aliphatic hydroxyl groups excluding tert-OH is 1. The number of allylic oxidation sites excluding steroid dienone is 7. The molecule has 1 fully saturated rings. The molecule has 0 aromatic rings. The molecule has 0 bridgehead atoms. The van der Waals surface area contributed by atoms with E-state index in [9.17, 15) is 5.11 Å². The van der Waals surface area contributed by atoms with Crippen LogP contribution in [0.4, 0.5) is 0 Å². The highest BCUT2D eigenvalue weighted by atomic mass is 16.5. The van der Waals surface area contributed by atoms with E-state index in [0.29, 0.717) is 17.7 Å². The van der Waals surface area contributed by atoms with E-state index in [1.165, 1.54) is 5.57 Å². The number of rotatable bonds is 8. The predicted octanol–water partition coefficient (Wildman–Crippen LogP) is 5.21. The predicted molar refractivity (Wildman–Crippen MR) is 140 cm³/mol. The molecule has 0 aromatic heterocycles. The molecule has 0 spiro atoms. The van der Waals surface area contributed by atoms with Crippen LogP contribution in [0.1, 0.15) is 51.9 Å². The Morgan fingerprint density at radius 2 is 2.09 bits per heavy atom. The molecule has 0 amide bonds. The minimum Gasteiger partial charge on any atom is -0.389 e. The van der Waals surface area contributed by atoms with Crippen LogP contribution in [-0.4, -0.2) is 30.3 Å². The fourth-order valence-electron chi connectivity index (χ4n) is 5.26. The molecule has 2 heterocycles. The van der Waals surface area contributed by atoms with E-state index in [1.54, 1.807) is 0 Å². The Balaban J connectivity index is 1.39. The van der Waals surface area contributed by atoms with Gasteiger partial charge in [0.25, 0.3) is 0 Å². The largest absolute Gasteiger partial charge is 0.389 e. The smallest absolute Gasteiger partial charge is 0.112 e. The van der Waals surface area contributed by atoms with Crippen molar-refractivity contribution in [1.29, 1.82) is 0 Å². The van der Waals surface area contributed by atoms with Crippen molar-refractivity contribution >= 4 is 5.84 Å². The maximum Gasteiger partial charge on any atom is 0.112 e. The molecule has 5 heteroatoms. The topological polar surface area (TPSA) is 79.9 Å². The Kier molecular flexibility index (Phi) is 8.07. The summed E-state index contributed by atoms with van der Waals surface area (Å²) in [5, 5.41) is 14.2. The van der Waals surface area contributed by atoms with Crippen LogP contribution in [0.15, 0.2) is 88.4 Å². The summed E-state index contributed by atoms with van der Waals surface area (Å²) < 4.78 is 5.45. The van der Waals surface area contributed by atoms with Gasteiger partial charge in [-0.15, -0.1) is 0 Å². The zero-order valence-corrected chi connectivity index (χ0v) is 20.4. The third-order valence-electron chi connectivity index (χ3n) is 7.40. The van der Waals surface area contributed by atoms with Gasteiger partial charge in [-0.3, -0.25) is 0 Å². The van der Waals surface area contributed by atoms with Gasteiger partial charge < -0.3 is 20.9 Å². The lowest BCUT2D eigenvalue weighted by Crippen LogP contribution is -2.34. The molecule has 3 atom stereocenters. The quantitative estimate of drug-likeness (QED) is 0.463. The molecule has 0 radical (unpaired) electrons. The van der Waals surface area contributed by atoms with Gasteiger partial charge in [-0.2, -0.15) is 0 Å². The van der Waals surface area contributed by atoms with Gasteiger partial charge in [0.1, 0.15) is 5.84 Å². The van der Waals surface area contributed by atoms with Crippen LogP contribution in [0.2, 0.25) is 0 Å². The van der Waals surface area contributed by atoms with Crippen LogP contribution in [0.25, 0.3) is 0 Å². The maximum atomic E-state index is 10.7. The van der Waals surface area contributed by atoms with Crippen molar-refractivity contribution in [3.05, 3.63) is 83.4 Å². The monoisotopic (exact) mass is 461 g/mol. The molecule has 3 unspecified atom stereocenters. The Labute approximate surface area is 204 Å². The lowest BCUT2D eigenvalue weighted by Gasteiger charge is -2.30. The number of aliphatic hydroxyl groups is 1. The van der Waals surface area contributed by atoms with Gasteiger partial charge in [0.15, 0.2) is 0 Å². The third kappa shape index (κ3) is 5.89. The summed E-state index contributed by atoms with van der Waals surface area (Å²) in [6.07, 6.45) is 19.0. The van der Waals surface area contributed by atoms with E-state index in [2.05, 4.69) is 60.8 Å². The molecule has 4 N–H and O–H groups in total. The van der Waals surface area contributed by atoms with Gasteiger partial charge in [-0.25, -0.2) is 4.99 Å². The Morgan fingerprint density at radius 3 is 2.79 bits per heavy atom. The highest BCUT2D eigenvalue weighted by Crippen LogP contribution is 2.37. The summed E-state index contributed by atoms with van der Waals surface area (Å²) in [7, 11) is 0. The van der Waals surface area contributed by atoms with E-state index in [-0.39, 0.29) is 12.0 Å². The second-order valence-electron chi connectivity index (χ2n) is 10.0. The number of ether oxygens (including phenoxy) is 1. The van der Waals surface area contributed by atoms with E-state index in [4.69, 9.17) is 10.5 Å². The van der Waals surface area contributed by atoms with Gasteiger partial charge in [0, 0.05) is 30.8 Å². The summed E-state index contributed by atoms with van der Waals surface area (Å²) in [6.45, 7) is 12.6. The fraction of sp³-hybridized carbons (Fsp3) is 0.483. The van der Waals surface area contributed by atoms with Crippen molar-refractivity contribution in [2.24, 2.45) is 28.5 Å². The summed E-state index contributed by atoms with van der Waals surface area (Å²) >= 11 is 0. The minimum atomic E-state index is -0.367. The van der Waals surface area contributed by atoms with Crippen molar-refractivity contribution in [1.82, 2.24) is 5.32 Å². The van der Waals surface area contributed by atoms with Crippen LogP contribution in [0.3, 0.4) is 0 Å². The van der Waals surface area contributed by atoms with Crippen molar-refractivity contribution in [2.45, 2.75) is 58.0 Å². The molecule has 2 aliphatic carbocycles. The van der Waals surface area contributed by atoms with Crippen LogP contribution < -0.4 is 11.1 Å². The number of hydrogen-bond acceptors (Lipinski definition) is 5. The van der Waals surface area contributed by atoms with Crippen LogP contribution in [-0.2, 0) is 4.74 Å². The number of nitrogens with one attached hydrogen (secondary N) is 1. The maximum absolute atomic E-state index is 10.7. The molecule has 4 rings (SSSR count). The zero-order valence-electron chi connectivity index (χ0n) is 20.4. The highest BCUT2D eigenvalue weighted by molar-refractivity contribution is 5.91. The standard InChI is InChI=1S/C29H39N3O2/c1-19-5-4-6-25(17-19)32-21(3)28-20(2)26(18-31-29(28)30)23-8-10-24(11-9-23)27(33)12-7-22-13-15-34-16-14-22/h4,6,8,10,17-19,22,27-28,32-33H,2-3,5,7,9,11-16H2,1H3,(H2,30,31). The highest BCUT2D eigenvalue weighted by Gasteiger charge is 2.29. The van der Waals surface area contributed by atoms with Crippen molar-refractivity contribution < 1.29 is 9.84 Å². The Hall–Kier alpha value is -2.63. The van der Waals surface area contributed by atoms with Crippen LogP contribution in [0, 0.1) is 17.8 Å². The SMILES string of the molecule is C=C(NC1=CC(C)CC=C1)C1C(=C)C(C2=CC=C(C(O)CCC3CCOCC3)CC2)=CN=C1N. The summed E-state index contributed by atoms with van der Waals surface area (Å²) in [5.74, 6) is 1.44. The van der Waals surface area contributed by atoms with E-state index in [0.717, 1.165) is 86.3 Å².